The summed E-state index contributed by atoms with van der Waals surface area (Å²) in [4.78, 5) is 45.1. The monoisotopic (exact) mass is 602 g/mol. The zero-order chi connectivity index (χ0) is 32.5. The molecule has 1 aliphatic rings. The fourth-order valence-corrected chi connectivity index (χ4v) is 5.14. The minimum absolute atomic E-state index is 0.0870. The van der Waals surface area contributed by atoms with Gasteiger partial charge in [0.2, 0.25) is 5.95 Å². The van der Waals surface area contributed by atoms with Gasteiger partial charge in [-0.25, -0.2) is 4.98 Å². The highest BCUT2D eigenvalue weighted by Crippen LogP contribution is 2.45. The van der Waals surface area contributed by atoms with Gasteiger partial charge in [-0.1, -0.05) is 34.3 Å². The van der Waals surface area contributed by atoms with E-state index in [1.54, 1.807) is 6.07 Å². The summed E-state index contributed by atoms with van der Waals surface area (Å²) >= 11 is 0. The molecule has 0 bridgehead atoms. The number of carbonyl (C=O) groups excluding carboxylic acids is 1. The molecule has 12 heteroatoms. The molecule has 0 atom stereocenters. The topological polar surface area (TPSA) is 130 Å². The van der Waals surface area contributed by atoms with Gasteiger partial charge >= 0.3 is 0 Å². The first-order valence-electron chi connectivity index (χ1n) is 14.5. The van der Waals surface area contributed by atoms with Crippen LogP contribution in [-0.2, 0) is 5.41 Å². The van der Waals surface area contributed by atoms with E-state index in [-0.39, 0.29) is 28.8 Å². The first-order valence-corrected chi connectivity index (χ1v) is 14.5. The Hall–Kier alpha value is -4.58. The van der Waals surface area contributed by atoms with Crippen molar-refractivity contribution < 1.29 is 14.5 Å². The Bertz CT molecular complexity index is 1600. The van der Waals surface area contributed by atoms with Crippen molar-refractivity contribution in [2.75, 3.05) is 63.0 Å². The number of benzene rings is 1. The minimum Gasteiger partial charge on any atom is -0.494 e. The zero-order valence-electron chi connectivity index (χ0n) is 27.1. The van der Waals surface area contributed by atoms with Crippen LogP contribution in [0.1, 0.15) is 56.4 Å². The number of methoxy groups -OCH3 is 1. The zero-order valence-corrected chi connectivity index (χ0v) is 27.1. The summed E-state index contributed by atoms with van der Waals surface area (Å²) in [5.41, 5.74) is 4.13. The summed E-state index contributed by atoms with van der Waals surface area (Å²) in [6.07, 6.45) is 1.51. The maximum Gasteiger partial charge on any atom is 0.294 e. The van der Waals surface area contributed by atoms with Crippen molar-refractivity contribution in [2.45, 2.75) is 40.0 Å². The van der Waals surface area contributed by atoms with Crippen LogP contribution in [0.4, 0.5) is 34.5 Å². The average Bonchev–Trinajstić information content (AvgIpc) is 3.24. The molecule has 3 heterocycles. The molecule has 234 valence electrons. The highest BCUT2D eigenvalue weighted by atomic mass is 16.6. The summed E-state index contributed by atoms with van der Waals surface area (Å²) in [7, 11) is 7.20. The molecule has 3 aromatic rings. The maximum absolute atomic E-state index is 13.4. The number of hydrogen-bond acceptors (Lipinski definition) is 11. The largest absolute Gasteiger partial charge is 0.494 e. The number of nitrogens with zero attached hydrogens (tertiary/aromatic N) is 7. The lowest BCUT2D eigenvalue weighted by Gasteiger charge is -2.24. The van der Waals surface area contributed by atoms with E-state index < -0.39 is 4.92 Å². The van der Waals surface area contributed by atoms with Gasteiger partial charge in [0.05, 0.1) is 40.4 Å². The number of ether oxygens (including phenoxy) is 1. The van der Waals surface area contributed by atoms with Gasteiger partial charge in [0.25, 0.3) is 5.69 Å². The van der Waals surface area contributed by atoms with Gasteiger partial charge in [0, 0.05) is 56.3 Å². The van der Waals surface area contributed by atoms with Gasteiger partial charge < -0.3 is 24.8 Å². The Balaban J connectivity index is 1.81. The van der Waals surface area contributed by atoms with E-state index in [0.29, 0.717) is 48.1 Å². The van der Waals surface area contributed by atoms with Crippen molar-refractivity contribution in [3.05, 3.63) is 64.1 Å². The second-order valence-electron chi connectivity index (χ2n) is 12.4. The summed E-state index contributed by atoms with van der Waals surface area (Å²) < 4.78 is 5.64. The van der Waals surface area contributed by atoms with Crippen LogP contribution in [0.5, 0.6) is 5.75 Å². The van der Waals surface area contributed by atoms with Crippen molar-refractivity contribution in [2.24, 2.45) is 5.92 Å². The number of nitrogens with one attached hydrogen (secondary N) is 1. The molecule has 1 aliphatic heterocycles. The van der Waals surface area contributed by atoms with Crippen molar-refractivity contribution in [3.63, 3.8) is 0 Å². The number of allylic oxidation sites excluding steroid dienone is 1. The van der Waals surface area contributed by atoms with Crippen LogP contribution in [0.25, 0.3) is 5.57 Å². The number of anilines is 5. The van der Waals surface area contributed by atoms with E-state index >= 15 is 0 Å². The molecule has 0 unspecified atom stereocenters. The number of carbonyl (C=O) groups is 1. The first kappa shape index (κ1) is 32.3. The van der Waals surface area contributed by atoms with E-state index in [4.69, 9.17) is 14.7 Å². The van der Waals surface area contributed by atoms with Crippen LogP contribution in [0.3, 0.4) is 0 Å². The lowest BCUT2D eigenvalue weighted by atomic mass is 9.91. The Kier molecular flexibility index (Phi) is 9.24. The van der Waals surface area contributed by atoms with Gasteiger partial charge in [-0.05, 0) is 38.7 Å². The van der Waals surface area contributed by atoms with E-state index in [1.165, 1.54) is 19.4 Å². The van der Waals surface area contributed by atoms with Crippen LogP contribution in [0.15, 0.2) is 37.0 Å². The Morgan fingerprint density at radius 2 is 1.91 bits per heavy atom. The summed E-state index contributed by atoms with van der Waals surface area (Å²) in [6, 6.07) is 6.96. The van der Waals surface area contributed by atoms with E-state index in [1.807, 2.05) is 68.7 Å². The third-order valence-corrected chi connectivity index (χ3v) is 7.64. The molecule has 0 fully saturated rings. The number of pyridine rings is 1. The Morgan fingerprint density at radius 3 is 2.50 bits per heavy atom. The number of nitro benzene ring substituents is 1. The SMILES string of the molecule is C=C(C)c1ccc2c(n1)C(C)(C)CN2c1nc(Nc2cc([N+](=O)[O-])c(N(C)CCN(C)C)cc2OC)ncc1C(=O)C(C)C. The van der Waals surface area contributed by atoms with Gasteiger partial charge in [-0.15, -0.1) is 0 Å². The lowest BCUT2D eigenvalue weighted by molar-refractivity contribution is -0.384. The molecule has 44 heavy (non-hydrogen) atoms. The molecule has 1 N–H and O–H groups in total. The van der Waals surface area contributed by atoms with Gasteiger partial charge in [0.1, 0.15) is 17.3 Å². The third kappa shape index (κ3) is 6.49. The van der Waals surface area contributed by atoms with Crippen molar-refractivity contribution in [1.82, 2.24) is 19.9 Å². The summed E-state index contributed by atoms with van der Waals surface area (Å²) in [5, 5.41) is 15.3. The molecule has 0 radical (unpaired) electrons. The third-order valence-electron chi connectivity index (χ3n) is 7.64. The number of rotatable bonds is 12. The van der Waals surface area contributed by atoms with E-state index in [2.05, 4.69) is 30.7 Å². The fourth-order valence-electron chi connectivity index (χ4n) is 5.14. The molecule has 0 saturated carbocycles. The number of fused-ring (bicyclic) bond motifs is 1. The number of likely N-dealkylation sites (N-methyl/N-ethyl adjacent to an activating group) is 2. The van der Waals surface area contributed by atoms with Crippen LogP contribution in [-0.4, -0.2) is 78.4 Å². The first-order chi connectivity index (χ1) is 20.6. The number of Topliss-reactive ketones (excluding diaryl/α,β-unsaturated/α-hetero) is 1. The predicted molar refractivity (Wildman–Crippen MR) is 175 cm³/mol. The van der Waals surface area contributed by atoms with Gasteiger partial charge in [0.15, 0.2) is 5.78 Å². The minimum atomic E-state index is -0.418. The molecule has 0 saturated heterocycles. The number of aromatic nitrogens is 3. The Labute approximate surface area is 258 Å². The van der Waals surface area contributed by atoms with Crippen molar-refractivity contribution in [3.8, 4) is 5.75 Å². The normalized spacial score (nSPS) is 13.7. The molecule has 12 nitrogen and oxygen atoms in total. The Morgan fingerprint density at radius 1 is 1.20 bits per heavy atom. The number of nitro groups is 1. The predicted octanol–water partition coefficient (Wildman–Crippen LogP) is 5.83. The number of ketones is 1. The summed E-state index contributed by atoms with van der Waals surface area (Å²) in [5.74, 6) is 0.613. The van der Waals surface area contributed by atoms with Crippen LogP contribution in [0, 0.1) is 16.0 Å². The molecule has 4 rings (SSSR count). The quantitative estimate of drug-likeness (QED) is 0.153. The fraction of sp³-hybridized carbons (Fsp3) is 0.438. The molecule has 0 spiro atoms. The molecule has 0 amide bonds. The maximum atomic E-state index is 13.4. The van der Waals surface area contributed by atoms with Crippen LogP contribution >= 0.6 is 0 Å². The molecule has 0 aliphatic carbocycles. The summed E-state index contributed by atoms with van der Waals surface area (Å²) in [6.45, 7) is 15.7. The smallest absolute Gasteiger partial charge is 0.294 e. The molecular formula is C32H42N8O4. The van der Waals surface area contributed by atoms with E-state index in [9.17, 15) is 14.9 Å². The second kappa shape index (κ2) is 12.6. The highest BCUT2D eigenvalue weighted by Gasteiger charge is 2.40. The highest BCUT2D eigenvalue weighted by molar-refractivity contribution is 6.02. The molecule has 2 aromatic heterocycles. The second-order valence-corrected chi connectivity index (χ2v) is 12.4. The standard InChI is InChI=1S/C32H42N8O4/c1-19(2)22-11-12-24-29(34-22)32(5,6)18-39(24)30-21(28(41)20(3)4)17-33-31(36-30)35-23-15-26(40(42)43)25(16-27(23)44-10)38(9)14-13-37(7)8/h11-12,15-17,20H,1,13-14,18H2,2-10H3,(H,33,35,36). The average molecular weight is 603 g/mol. The van der Waals surface area contributed by atoms with Crippen molar-refractivity contribution in [1.29, 1.82) is 0 Å². The van der Waals surface area contributed by atoms with Crippen LogP contribution < -0.4 is 19.9 Å². The van der Waals surface area contributed by atoms with Crippen LogP contribution in [0.2, 0.25) is 0 Å². The number of hydrogen-bond donors (Lipinski definition) is 1. The van der Waals surface area contributed by atoms with Gasteiger partial charge in [-0.3, -0.25) is 19.9 Å². The van der Waals surface area contributed by atoms with E-state index in [0.717, 1.165) is 22.6 Å². The van der Waals surface area contributed by atoms with Gasteiger partial charge in [-0.2, -0.15) is 4.98 Å². The van der Waals surface area contributed by atoms with Crippen molar-refractivity contribution >= 4 is 45.9 Å². The lowest BCUT2D eigenvalue weighted by Crippen LogP contribution is -2.29. The molecule has 1 aromatic carbocycles. The molecular weight excluding hydrogens is 560 g/mol.